The number of nitrogens with zero attached hydrogens (tertiary/aromatic N) is 2. The molecule has 1 aromatic heterocycles. The number of aromatic nitrogens is 2. The van der Waals surface area contributed by atoms with Gasteiger partial charge >= 0.3 is 0 Å². The lowest BCUT2D eigenvalue weighted by Gasteiger charge is -2.05. The average molecular weight is 274 g/mol. The van der Waals surface area contributed by atoms with Crippen LogP contribution in [0.15, 0.2) is 46.6 Å². The summed E-state index contributed by atoms with van der Waals surface area (Å²) in [6.07, 6.45) is 1.44. The molecule has 0 aliphatic heterocycles. The van der Waals surface area contributed by atoms with E-state index < -0.39 is 0 Å². The van der Waals surface area contributed by atoms with Crippen LogP contribution in [0.2, 0.25) is 0 Å². The Hall–Kier alpha value is -2.08. The average Bonchev–Trinajstić information content (AvgIpc) is 2.39. The maximum Gasteiger partial charge on any atom is 0.222 e. The van der Waals surface area contributed by atoms with Gasteiger partial charge in [0.05, 0.1) is 0 Å². The summed E-state index contributed by atoms with van der Waals surface area (Å²) in [5.74, 6) is 0.366. The van der Waals surface area contributed by atoms with Crippen LogP contribution >= 0.6 is 11.8 Å². The van der Waals surface area contributed by atoms with Gasteiger partial charge in [-0.15, -0.1) is 0 Å². The van der Waals surface area contributed by atoms with Gasteiger partial charge in [-0.3, -0.25) is 4.79 Å². The molecule has 0 atom stereocenters. The minimum absolute atomic E-state index is 0.145. The number of carbonyl (C=O) groups is 1. The highest BCUT2D eigenvalue weighted by Gasteiger charge is 2.03. The second-order valence-corrected chi connectivity index (χ2v) is 4.89. The summed E-state index contributed by atoms with van der Waals surface area (Å²) >= 11 is 1.52. The van der Waals surface area contributed by atoms with Crippen LogP contribution in [0, 0.1) is 0 Å². The predicted octanol–water partition coefficient (Wildman–Crippen LogP) is 2.63. The van der Waals surface area contributed by atoms with Crippen molar-refractivity contribution in [2.24, 2.45) is 0 Å². The molecule has 98 valence electrons. The minimum Gasteiger partial charge on any atom is -0.388 e. The van der Waals surface area contributed by atoms with E-state index in [1.807, 2.05) is 31.3 Å². The molecule has 1 amide bonds. The molecule has 0 bridgehead atoms. The topological polar surface area (TPSA) is 66.9 Å². The molecular weight excluding hydrogens is 260 g/mol. The molecule has 19 heavy (non-hydrogen) atoms. The predicted molar refractivity (Wildman–Crippen MR) is 76.4 cm³/mol. The molecular formula is C13H14N4OS. The Balaban J connectivity index is 2.11. The van der Waals surface area contributed by atoms with Crippen LogP contribution in [0.5, 0.6) is 0 Å². The van der Waals surface area contributed by atoms with Gasteiger partial charge in [0.1, 0.15) is 17.2 Å². The fourth-order valence-electron chi connectivity index (χ4n) is 1.45. The zero-order chi connectivity index (χ0) is 13.7. The lowest BCUT2D eigenvalue weighted by atomic mass is 10.3. The highest BCUT2D eigenvalue weighted by atomic mass is 32.2. The standard InChI is InChI=1S/C13H14N4OS/c1-9(18)17-12-7-13(16-8-15-12)19-11-5-3-10(14-2)4-6-11/h3-8,14H,1-2H3,(H,15,16,17,18). The van der Waals surface area contributed by atoms with E-state index in [0.717, 1.165) is 15.6 Å². The molecule has 0 spiro atoms. The number of benzene rings is 1. The molecule has 6 heteroatoms. The smallest absolute Gasteiger partial charge is 0.222 e. The quantitative estimate of drug-likeness (QED) is 0.839. The molecule has 0 unspecified atom stereocenters. The molecule has 0 saturated carbocycles. The Labute approximate surface area is 115 Å². The first-order valence-corrected chi connectivity index (χ1v) is 6.54. The first-order valence-electron chi connectivity index (χ1n) is 5.72. The van der Waals surface area contributed by atoms with Crippen LogP contribution in [0.4, 0.5) is 11.5 Å². The third-order valence-corrected chi connectivity index (χ3v) is 3.25. The van der Waals surface area contributed by atoms with Crippen molar-refractivity contribution < 1.29 is 4.79 Å². The van der Waals surface area contributed by atoms with E-state index in [-0.39, 0.29) is 5.91 Å². The van der Waals surface area contributed by atoms with Crippen molar-refractivity contribution in [1.29, 1.82) is 0 Å². The highest BCUT2D eigenvalue weighted by Crippen LogP contribution is 2.27. The number of amides is 1. The van der Waals surface area contributed by atoms with Crippen molar-refractivity contribution in [3.05, 3.63) is 36.7 Å². The number of nitrogens with one attached hydrogen (secondary N) is 2. The lowest BCUT2D eigenvalue weighted by Crippen LogP contribution is -2.07. The molecule has 1 aromatic carbocycles. The summed E-state index contributed by atoms with van der Waals surface area (Å²) in [5.41, 5.74) is 1.06. The molecule has 2 N–H and O–H groups in total. The van der Waals surface area contributed by atoms with Gasteiger partial charge in [-0.25, -0.2) is 9.97 Å². The summed E-state index contributed by atoms with van der Waals surface area (Å²) in [6, 6.07) is 9.77. The first kappa shape index (κ1) is 13.4. The van der Waals surface area contributed by atoms with Crippen molar-refractivity contribution in [3.8, 4) is 0 Å². The SMILES string of the molecule is CNc1ccc(Sc2cc(NC(C)=O)ncn2)cc1. The number of anilines is 2. The minimum atomic E-state index is -0.145. The number of hydrogen-bond acceptors (Lipinski definition) is 5. The van der Waals surface area contributed by atoms with E-state index in [4.69, 9.17) is 0 Å². The zero-order valence-corrected chi connectivity index (χ0v) is 11.5. The third kappa shape index (κ3) is 3.96. The molecule has 1 heterocycles. The van der Waals surface area contributed by atoms with Gasteiger partial charge < -0.3 is 10.6 Å². The van der Waals surface area contributed by atoms with E-state index in [2.05, 4.69) is 20.6 Å². The van der Waals surface area contributed by atoms with Crippen LogP contribution in [-0.2, 0) is 4.79 Å². The second-order valence-electron chi connectivity index (χ2n) is 3.80. The Morgan fingerprint density at radius 1 is 1.21 bits per heavy atom. The van der Waals surface area contributed by atoms with Crippen molar-refractivity contribution in [2.45, 2.75) is 16.8 Å². The van der Waals surface area contributed by atoms with E-state index >= 15 is 0 Å². The maximum absolute atomic E-state index is 11.0. The Kier molecular flexibility index (Phi) is 4.35. The molecule has 0 saturated heterocycles. The summed E-state index contributed by atoms with van der Waals surface area (Å²) in [7, 11) is 1.88. The van der Waals surface area contributed by atoms with Crippen molar-refractivity contribution >= 4 is 29.2 Å². The molecule has 2 rings (SSSR count). The third-order valence-electron chi connectivity index (χ3n) is 2.31. The van der Waals surface area contributed by atoms with E-state index in [1.54, 1.807) is 6.07 Å². The van der Waals surface area contributed by atoms with Crippen molar-refractivity contribution in [1.82, 2.24) is 9.97 Å². The largest absolute Gasteiger partial charge is 0.388 e. The molecule has 0 aliphatic rings. The van der Waals surface area contributed by atoms with Gasteiger partial charge in [0.15, 0.2) is 0 Å². The fraction of sp³-hybridized carbons (Fsp3) is 0.154. The maximum atomic E-state index is 11.0. The second kappa shape index (κ2) is 6.19. The summed E-state index contributed by atoms with van der Waals surface area (Å²) < 4.78 is 0. The highest BCUT2D eigenvalue weighted by molar-refractivity contribution is 7.99. The molecule has 0 fully saturated rings. The van der Waals surface area contributed by atoms with Gasteiger partial charge in [-0.1, -0.05) is 11.8 Å². The van der Waals surface area contributed by atoms with Crippen molar-refractivity contribution in [2.75, 3.05) is 17.7 Å². The lowest BCUT2D eigenvalue weighted by molar-refractivity contribution is -0.114. The van der Waals surface area contributed by atoms with E-state index in [1.165, 1.54) is 25.0 Å². The Morgan fingerprint density at radius 2 is 1.95 bits per heavy atom. The van der Waals surface area contributed by atoms with Gasteiger partial charge in [0.25, 0.3) is 0 Å². The first-order chi connectivity index (χ1) is 9.17. The summed E-state index contributed by atoms with van der Waals surface area (Å²) in [5, 5.41) is 6.49. The van der Waals surface area contributed by atoms with Crippen LogP contribution in [-0.4, -0.2) is 22.9 Å². The van der Waals surface area contributed by atoms with Crippen LogP contribution in [0.25, 0.3) is 0 Å². The molecule has 2 aromatic rings. The number of rotatable bonds is 4. The van der Waals surface area contributed by atoms with Crippen LogP contribution in [0.3, 0.4) is 0 Å². The zero-order valence-electron chi connectivity index (χ0n) is 10.7. The van der Waals surface area contributed by atoms with Gasteiger partial charge in [0, 0.05) is 30.6 Å². The molecule has 0 radical (unpaired) electrons. The summed E-state index contributed by atoms with van der Waals surface area (Å²) in [6.45, 7) is 1.45. The summed E-state index contributed by atoms with van der Waals surface area (Å²) in [4.78, 5) is 20.2. The Bertz CT molecular complexity index is 571. The normalized spacial score (nSPS) is 10.0. The monoisotopic (exact) mass is 274 g/mol. The van der Waals surface area contributed by atoms with Gasteiger partial charge in [-0.05, 0) is 24.3 Å². The van der Waals surface area contributed by atoms with Crippen LogP contribution < -0.4 is 10.6 Å². The van der Waals surface area contributed by atoms with E-state index in [0.29, 0.717) is 5.82 Å². The number of carbonyl (C=O) groups excluding carboxylic acids is 1. The van der Waals surface area contributed by atoms with E-state index in [9.17, 15) is 4.79 Å². The fourth-order valence-corrected chi connectivity index (χ4v) is 2.24. The van der Waals surface area contributed by atoms with Gasteiger partial charge in [-0.2, -0.15) is 0 Å². The Morgan fingerprint density at radius 3 is 2.58 bits per heavy atom. The van der Waals surface area contributed by atoms with Gasteiger partial charge in [0.2, 0.25) is 5.91 Å². The van der Waals surface area contributed by atoms with Crippen LogP contribution in [0.1, 0.15) is 6.92 Å². The number of hydrogen-bond donors (Lipinski definition) is 2. The van der Waals surface area contributed by atoms with Crippen molar-refractivity contribution in [3.63, 3.8) is 0 Å². The molecule has 0 aliphatic carbocycles. The molecule has 5 nitrogen and oxygen atoms in total.